The average Bonchev–Trinajstić information content (AvgIpc) is 3.29. The molecule has 2 amide bonds. The van der Waals surface area contributed by atoms with E-state index in [1.807, 2.05) is 0 Å². The average molecular weight is 585 g/mol. The second-order valence-electron chi connectivity index (χ2n) is 9.22. The second-order valence-corrected chi connectivity index (χ2v) is 11.2. The van der Waals surface area contributed by atoms with Gasteiger partial charge in [0.25, 0.3) is 5.91 Å². The standard InChI is InChI=1S/C24H27F3N6O6S/c1-40(37,38)32-10-8-31(9-11-32)20(23(35)30-36)13-15-12-16(5-6-17(15)22(28)34)39-14-18-19-4-2-3-7-33(19)29-21(18)24(25,26)27/h2-7,12,20,36H,8-11,13-14H2,1H3,(H2,28,34)(H,30,35)/t20-/m0/s1. The van der Waals surface area contributed by atoms with Crippen LogP contribution in [0.25, 0.3) is 5.52 Å². The third-order valence-corrected chi connectivity index (χ3v) is 7.95. The van der Waals surface area contributed by atoms with Crippen LogP contribution in [0.3, 0.4) is 0 Å². The molecule has 0 unspecified atom stereocenters. The van der Waals surface area contributed by atoms with Gasteiger partial charge in [-0.05, 0) is 42.3 Å². The minimum Gasteiger partial charge on any atom is -0.489 e. The molecule has 0 radical (unpaired) electrons. The third-order valence-electron chi connectivity index (χ3n) is 6.65. The first-order valence-electron chi connectivity index (χ1n) is 12.0. The molecular formula is C24H27F3N6O6S. The van der Waals surface area contributed by atoms with Crippen molar-refractivity contribution < 1.29 is 41.1 Å². The zero-order chi connectivity index (χ0) is 29.2. The fourth-order valence-corrected chi connectivity index (χ4v) is 5.49. The van der Waals surface area contributed by atoms with E-state index in [-0.39, 0.29) is 60.6 Å². The van der Waals surface area contributed by atoms with Gasteiger partial charge in [0, 0.05) is 43.5 Å². The summed E-state index contributed by atoms with van der Waals surface area (Å²) in [6, 6.07) is 7.67. The van der Waals surface area contributed by atoms with Gasteiger partial charge < -0.3 is 10.5 Å². The van der Waals surface area contributed by atoms with Crippen LogP contribution in [0.5, 0.6) is 5.75 Å². The Labute approximate surface area is 227 Å². The number of hydroxylamine groups is 1. The van der Waals surface area contributed by atoms with Crippen LogP contribution in [0, 0.1) is 0 Å². The first-order valence-corrected chi connectivity index (χ1v) is 13.9. The van der Waals surface area contributed by atoms with Crippen LogP contribution in [-0.2, 0) is 34.0 Å². The van der Waals surface area contributed by atoms with Crippen LogP contribution in [0.4, 0.5) is 13.2 Å². The molecule has 1 aliphatic heterocycles. The fraction of sp³-hybridized carbons (Fsp3) is 0.375. The third kappa shape index (κ3) is 6.35. The molecule has 2 aromatic heterocycles. The number of nitrogens with zero attached hydrogens (tertiary/aromatic N) is 4. The molecule has 0 saturated carbocycles. The molecule has 1 fully saturated rings. The first kappa shape index (κ1) is 29.3. The fourth-order valence-electron chi connectivity index (χ4n) is 4.66. The van der Waals surface area contributed by atoms with E-state index in [1.54, 1.807) is 22.5 Å². The maximum Gasteiger partial charge on any atom is 0.435 e. The summed E-state index contributed by atoms with van der Waals surface area (Å²) in [5.74, 6) is -1.50. The number of hydrogen-bond donors (Lipinski definition) is 3. The highest BCUT2D eigenvalue weighted by atomic mass is 32.2. The Balaban J connectivity index is 1.60. The first-order chi connectivity index (χ1) is 18.8. The molecule has 1 aliphatic rings. The normalized spacial score (nSPS) is 16.1. The molecule has 3 aromatic rings. The number of rotatable bonds is 9. The van der Waals surface area contributed by atoms with Crippen LogP contribution >= 0.6 is 0 Å². The van der Waals surface area contributed by atoms with Gasteiger partial charge >= 0.3 is 6.18 Å². The number of nitrogens with two attached hydrogens (primary N) is 1. The number of piperazine rings is 1. The van der Waals surface area contributed by atoms with Gasteiger partial charge in [0.2, 0.25) is 15.9 Å². The summed E-state index contributed by atoms with van der Waals surface area (Å²) in [6.45, 7) is 0.0677. The molecule has 0 bridgehead atoms. The van der Waals surface area contributed by atoms with Gasteiger partial charge in [-0.2, -0.15) is 22.6 Å². The lowest BCUT2D eigenvalue weighted by atomic mass is 9.97. The number of benzene rings is 1. The summed E-state index contributed by atoms with van der Waals surface area (Å²) in [6.07, 6.45) is -2.39. The predicted molar refractivity (Wildman–Crippen MR) is 135 cm³/mol. The number of carbonyl (C=O) groups excluding carboxylic acids is 2. The van der Waals surface area contributed by atoms with Crippen LogP contribution in [0.15, 0.2) is 42.6 Å². The number of primary amides is 1. The Morgan fingerprint density at radius 3 is 2.48 bits per heavy atom. The summed E-state index contributed by atoms with van der Waals surface area (Å²) in [7, 11) is -3.43. The van der Waals surface area contributed by atoms with Crippen molar-refractivity contribution in [2.24, 2.45) is 5.73 Å². The summed E-state index contributed by atoms with van der Waals surface area (Å²) < 4.78 is 72.7. The molecular weight excluding hydrogens is 557 g/mol. The summed E-state index contributed by atoms with van der Waals surface area (Å²) >= 11 is 0. The summed E-state index contributed by atoms with van der Waals surface area (Å²) in [5, 5.41) is 13.0. The molecule has 0 aliphatic carbocycles. The van der Waals surface area contributed by atoms with Crippen LogP contribution < -0.4 is 16.0 Å². The quantitative estimate of drug-likeness (QED) is 0.248. The van der Waals surface area contributed by atoms with E-state index in [9.17, 15) is 36.4 Å². The smallest absolute Gasteiger partial charge is 0.435 e. The highest BCUT2D eigenvalue weighted by molar-refractivity contribution is 7.88. The second kappa shape index (κ2) is 11.4. The SMILES string of the molecule is CS(=O)(=O)N1CCN([C@@H](Cc2cc(OCc3c(C(F)(F)F)nn4ccccc34)ccc2C(N)=O)C(=O)NO)CC1. The number of hydrogen-bond acceptors (Lipinski definition) is 8. The lowest BCUT2D eigenvalue weighted by molar-refractivity contribution is -0.142. The summed E-state index contributed by atoms with van der Waals surface area (Å²) in [5.41, 5.74) is 6.33. The molecule has 16 heteroatoms. The maximum atomic E-state index is 13.7. The number of alkyl halides is 3. The number of carbonyl (C=O) groups is 2. The van der Waals surface area contributed by atoms with Gasteiger partial charge in [-0.15, -0.1) is 0 Å². The van der Waals surface area contributed by atoms with Crippen molar-refractivity contribution in [3.63, 3.8) is 0 Å². The molecule has 1 atom stereocenters. The van der Waals surface area contributed by atoms with Gasteiger partial charge in [-0.1, -0.05) is 6.07 Å². The Bertz CT molecular complexity index is 1520. The molecule has 1 saturated heterocycles. The highest BCUT2D eigenvalue weighted by Gasteiger charge is 2.38. The predicted octanol–water partition coefficient (Wildman–Crippen LogP) is 1.02. The van der Waals surface area contributed by atoms with Crippen LogP contribution in [0.2, 0.25) is 0 Å². The molecule has 216 valence electrons. The number of aromatic nitrogens is 2. The Morgan fingerprint density at radius 2 is 1.88 bits per heavy atom. The summed E-state index contributed by atoms with van der Waals surface area (Å²) in [4.78, 5) is 26.4. The van der Waals surface area contributed by atoms with Gasteiger partial charge in [0.15, 0.2) is 5.69 Å². The Morgan fingerprint density at radius 1 is 1.18 bits per heavy atom. The lowest BCUT2D eigenvalue weighted by Gasteiger charge is -2.37. The number of pyridine rings is 1. The van der Waals surface area contributed by atoms with Crippen LogP contribution in [0.1, 0.15) is 27.2 Å². The van der Waals surface area contributed by atoms with Crippen molar-refractivity contribution in [3.05, 3.63) is 65.0 Å². The lowest BCUT2D eigenvalue weighted by Crippen LogP contribution is -2.56. The number of halogens is 3. The van der Waals surface area contributed by atoms with Crippen molar-refractivity contribution in [2.45, 2.75) is 25.2 Å². The van der Waals surface area contributed by atoms with Gasteiger partial charge in [0.1, 0.15) is 12.4 Å². The van der Waals surface area contributed by atoms with Crippen molar-refractivity contribution in [1.29, 1.82) is 0 Å². The van der Waals surface area contributed by atoms with Crippen molar-refractivity contribution >= 4 is 27.4 Å². The zero-order valence-corrected chi connectivity index (χ0v) is 22.1. The molecule has 3 heterocycles. The Hall–Kier alpha value is -3.73. The molecule has 4 N–H and O–H groups in total. The van der Waals surface area contributed by atoms with Crippen molar-refractivity contribution in [3.8, 4) is 5.75 Å². The maximum absolute atomic E-state index is 13.7. The molecule has 0 spiro atoms. The topological polar surface area (TPSA) is 160 Å². The highest BCUT2D eigenvalue weighted by Crippen LogP contribution is 2.34. The number of fused-ring (bicyclic) bond motifs is 1. The largest absolute Gasteiger partial charge is 0.489 e. The molecule has 12 nitrogen and oxygen atoms in total. The molecule has 4 rings (SSSR count). The van der Waals surface area contributed by atoms with E-state index in [4.69, 9.17) is 10.5 Å². The van der Waals surface area contributed by atoms with Gasteiger partial charge in [0.05, 0.1) is 17.8 Å². The minimum atomic E-state index is -4.72. The van der Waals surface area contributed by atoms with Gasteiger partial charge in [-0.25, -0.2) is 18.4 Å². The number of nitrogens with one attached hydrogen (secondary N) is 1. The number of amides is 2. The monoisotopic (exact) mass is 584 g/mol. The number of sulfonamides is 1. The van der Waals surface area contributed by atoms with E-state index in [2.05, 4.69) is 5.10 Å². The number of ether oxygens (including phenoxy) is 1. The van der Waals surface area contributed by atoms with Crippen molar-refractivity contribution in [1.82, 2.24) is 24.3 Å². The Kier molecular flexibility index (Phi) is 8.34. The van der Waals surface area contributed by atoms with Crippen LogP contribution in [-0.4, -0.2) is 82.7 Å². The van der Waals surface area contributed by atoms with E-state index in [0.717, 1.165) is 10.8 Å². The van der Waals surface area contributed by atoms with E-state index < -0.39 is 46.4 Å². The molecule has 1 aromatic carbocycles. The molecule has 40 heavy (non-hydrogen) atoms. The van der Waals surface area contributed by atoms with E-state index in [0.29, 0.717) is 0 Å². The zero-order valence-electron chi connectivity index (χ0n) is 21.3. The van der Waals surface area contributed by atoms with Gasteiger partial charge in [-0.3, -0.25) is 19.7 Å². The van der Waals surface area contributed by atoms with E-state index >= 15 is 0 Å². The van der Waals surface area contributed by atoms with Crippen molar-refractivity contribution in [2.75, 3.05) is 32.4 Å². The minimum absolute atomic E-state index is 0.0461. The van der Waals surface area contributed by atoms with E-state index in [1.165, 1.54) is 34.8 Å².